The number of amides is 3. The monoisotopic (exact) mass is 643 g/mol. The molecule has 3 aromatic carbocycles. The van der Waals surface area contributed by atoms with Crippen molar-refractivity contribution in [2.45, 2.75) is 63.8 Å². The molecular formula is C36H41N3O8. The number of ether oxygens (including phenoxy) is 1. The quantitative estimate of drug-likeness (QED) is 0.219. The van der Waals surface area contributed by atoms with Crippen molar-refractivity contribution in [2.75, 3.05) is 13.1 Å². The van der Waals surface area contributed by atoms with Crippen LogP contribution in [0.5, 0.6) is 0 Å². The molecule has 4 rings (SSSR count). The van der Waals surface area contributed by atoms with Crippen molar-refractivity contribution in [1.82, 2.24) is 15.1 Å². The SMILES string of the molecule is CC(CNC(=O)OCc1ccccc1)C(=O)N1CCC[C@H]1C(=O)N(Cc1ccccc1)[C@](CCC(=O)O)(Cc1ccccc1)C(=O)O. The summed E-state index contributed by atoms with van der Waals surface area (Å²) in [5, 5.41) is 23.0. The minimum absolute atomic E-state index is 0.0245. The predicted molar refractivity (Wildman–Crippen MR) is 173 cm³/mol. The first-order chi connectivity index (χ1) is 22.6. The highest BCUT2D eigenvalue weighted by molar-refractivity contribution is 5.93. The Morgan fingerprint density at radius 1 is 0.894 bits per heavy atom. The topological polar surface area (TPSA) is 154 Å². The molecule has 0 spiro atoms. The van der Waals surface area contributed by atoms with Gasteiger partial charge in [-0.25, -0.2) is 9.59 Å². The van der Waals surface area contributed by atoms with Gasteiger partial charge in [0.25, 0.3) is 0 Å². The van der Waals surface area contributed by atoms with Gasteiger partial charge < -0.3 is 30.1 Å². The third kappa shape index (κ3) is 9.18. The van der Waals surface area contributed by atoms with E-state index in [2.05, 4.69) is 5.32 Å². The molecule has 1 fully saturated rings. The van der Waals surface area contributed by atoms with Crippen molar-refractivity contribution in [1.29, 1.82) is 0 Å². The Kier molecular flexibility index (Phi) is 12.1. The Bertz CT molecular complexity index is 1520. The second-order valence-corrected chi connectivity index (χ2v) is 11.8. The van der Waals surface area contributed by atoms with Crippen LogP contribution in [-0.4, -0.2) is 74.5 Å². The molecule has 1 aliphatic rings. The van der Waals surface area contributed by atoms with Gasteiger partial charge >= 0.3 is 18.0 Å². The van der Waals surface area contributed by atoms with E-state index in [0.717, 1.165) is 5.56 Å². The Morgan fingerprint density at radius 2 is 1.47 bits per heavy atom. The average Bonchev–Trinajstić information content (AvgIpc) is 3.58. The number of carboxylic acid groups (broad SMARTS) is 2. The molecule has 3 N–H and O–H groups in total. The van der Waals surface area contributed by atoms with Crippen LogP contribution in [-0.2, 0) is 43.5 Å². The highest BCUT2D eigenvalue weighted by Gasteiger charge is 2.50. The van der Waals surface area contributed by atoms with E-state index < -0.39 is 47.9 Å². The summed E-state index contributed by atoms with van der Waals surface area (Å²) in [6, 6.07) is 25.9. The maximum atomic E-state index is 14.6. The average molecular weight is 644 g/mol. The van der Waals surface area contributed by atoms with Crippen molar-refractivity contribution >= 4 is 29.8 Å². The molecule has 11 heteroatoms. The molecule has 1 unspecified atom stereocenters. The smallest absolute Gasteiger partial charge is 0.407 e. The fourth-order valence-electron chi connectivity index (χ4n) is 5.92. The first kappa shape index (κ1) is 34.7. The molecule has 0 aromatic heterocycles. The number of hydrogen-bond acceptors (Lipinski definition) is 6. The molecule has 3 atom stereocenters. The van der Waals surface area contributed by atoms with Crippen LogP contribution >= 0.6 is 0 Å². The van der Waals surface area contributed by atoms with Crippen molar-refractivity contribution in [2.24, 2.45) is 5.92 Å². The molecule has 3 aromatic rings. The fraction of sp³-hybridized carbons (Fsp3) is 0.361. The van der Waals surface area contributed by atoms with Crippen molar-refractivity contribution < 1.29 is 38.9 Å². The first-order valence-electron chi connectivity index (χ1n) is 15.7. The molecule has 47 heavy (non-hydrogen) atoms. The third-order valence-electron chi connectivity index (χ3n) is 8.46. The molecule has 0 bridgehead atoms. The summed E-state index contributed by atoms with van der Waals surface area (Å²) in [4.78, 5) is 68.4. The number of rotatable bonds is 15. The lowest BCUT2D eigenvalue weighted by atomic mass is 9.83. The van der Waals surface area contributed by atoms with Crippen LogP contribution in [0.3, 0.4) is 0 Å². The van der Waals surface area contributed by atoms with Crippen LogP contribution in [0.2, 0.25) is 0 Å². The Morgan fingerprint density at radius 3 is 2.04 bits per heavy atom. The van der Waals surface area contributed by atoms with Gasteiger partial charge in [0.05, 0.1) is 5.92 Å². The molecule has 1 saturated heterocycles. The van der Waals surface area contributed by atoms with Gasteiger partial charge in [-0.3, -0.25) is 14.4 Å². The molecular weight excluding hydrogens is 602 g/mol. The van der Waals surface area contributed by atoms with Gasteiger partial charge in [-0.2, -0.15) is 0 Å². The number of alkyl carbamates (subject to hydrolysis) is 1. The van der Waals surface area contributed by atoms with E-state index in [1.165, 1.54) is 9.80 Å². The summed E-state index contributed by atoms with van der Waals surface area (Å²) in [5.74, 6) is -4.13. The van der Waals surface area contributed by atoms with Crippen molar-refractivity contribution in [3.05, 3.63) is 108 Å². The van der Waals surface area contributed by atoms with E-state index in [4.69, 9.17) is 4.74 Å². The second-order valence-electron chi connectivity index (χ2n) is 11.8. The lowest BCUT2D eigenvalue weighted by Crippen LogP contribution is -2.62. The van der Waals surface area contributed by atoms with Gasteiger partial charge in [-0.1, -0.05) is 97.9 Å². The van der Waals surface area contributed by atoms with Crippen LogP contribution in [0.15, 0.2) is 91.0 Å². The standard InChI is InChI=1S/C36H41N3O8/c1-26(23-37-35(46)47-25-29-16-9-4-10-17-29)32(42)38-21-11-18-30(38)33(43)39(24-28-14-7-3-8-15-28)36(34(44)45,20-19-31(40)41)22-27-12-5-2-6-13-27/h2-10,12-17,26,30H,11,18-25H2,1H3,(H,37,46)(H,40,41)(H,44,45)/t26?,30-,36+/m0/s1. The van der Waals surface area contributed by atoms with Gasteiger partial charge in [-0.15, -0.1) is 0 Å². The molecule has 1 aliphatic heterocycles. The molecule has 3 amide bonds. The number of aliphatic carboxylic acids is 2. The number of carboxylic acids is 2. The third-order valence-corrected chi connectivity index (χ3v) is 8.46. The molecule has 0 radical (unpaired) electrons. The lowest BCUT2D eigenvalue weighted by Gasteiger charge is -2.43. The number of likely N-dealkylation sites (tertiary alicyclic amines) is 1. The molecule has 1 heterocycles. The van der Waals surface area contributed by atoms with E-state index in [-0.39, 0.29) is 45.0 Å². The van der Waals surface area contributed by atoms with Gasteiger partial charge in [0.1, 0.15) is 18.2 Å². The predicted octanol–water partition coefficient (Wildman–Crippen LogP) is 4.50. The van der Waals surface area contributed by atoms with Gasteiger partial charge in [0.15, 0.2) is 0 Å². The molecule has 0 saturated carbocycles. The van der Waals surface area contributed by atoms with Crippen LogP contribution < -0.4 is 5.32 Å². The van der Waals surface area contributed by atoms with Gasteiger partial charge in [-0.05, 0) is 36.0 Å². The summed E-state index contributed by atoms with van der Waals surface area (Å²) in [6.07, 6.45) is -0.780. The van der Waals surface area contributed by atoms with Crippen LogP contribution in [0, 0.1) is 5.92 Å². The summed E-state index contributed by atoms with van der Waals surface area (Å²) in [5.41, 5.74) is 0.194. The Labute approximate surface area is 274 Å². The van der Waals surface area contributed by atoms with Crippen molar-refractivity contribution in [3.63, 3.8) is 0 Å². The maximum absolute atomic E-state index is 14.6. The number of nitrogens with one attached hydrogen (secondary N) is 1. The Hall–Kier alpha value is -5.19. The summed E-state index contributed by atoms with van der Waals surface area (Å²) in [7, 11) is 0. The minimum Gasteiger partial charge on any atom is -0.481 e. The normalized spacial score (nSPS) is 16.0. The van der Waals surface area contributed by atoms with E-state index in [1.807, 2.05) is 30.3 Å². The van der Waals surface area contributed by atoms with Crippen LogP contribution in [0.1, 0.15) is 49.3 Å². The summed E-state index contributed by atoms with van der Waals surface area (Å²) in [6.45, 7) is 1.88. The summed E-state index contributed by atoms with van der Waals surface area (Å²) >= 11 is 0. The largest absolute Gasteiger partial charge is 0.481 e. The Balaban J connectivity index is 1.57. The number of carbonyl (C=O) groups excluding carboxylic acids is 3. The zero-order valence-electron chi connectivity index (χ0n) is 26.4. The lowest BCUT2D eigenvalue weighted by molar-refractivity contribution is -0.165. The number of benzene rings is 3. The van der Waals surface area contributed by atoms with E-state index in [9.17, 15) is 34.2 Å². The molecule has 248 valence electrons. The van der Waals surface area contributed by atoms with E-state index in [1.54, 1.807) is 67.6 Å². The fourth-order valence-corrected chi connectivity index (χ4v) is 5.92. The number of nitrogens with zero attached hydrogens (tertiary/aromatic N) is 2. The molecule has 0 aliphatic carbocycles. The van der Waals surface area contributed by atoms with Gasteiger partial charge in [0.2, 0.25) is 11.8 Å². The highest BCUT2D eigenvalue weighted by Crippen LogP contribution is 2.33. The number of hydrogen-bond donors (Lipinski definition) is 3. The highest BCUT2D eigenvalue weighted by atomic mass is 16.5. The van der Waals surface area contributed by atoms with Gasteiger partial charge in [0, 0.05) is 32.5 Å². The van der Waals surface area contributed by atoms with E-state index >= 15 is 0 Å². The first-order valence-corrected chi connectivity index (χ1v) is 15.7. The maximum Gasteiger partial charge on any atom is 0.407 e. The zero-order valence-corrected chi connectivity index (χ0v) is 26.4. The second kappa shape index (κ2) is 16.4. The zero-order chi connectivity index (χ0) is 33.8. The minimum atomic E-state index is -1.92. The number of carbonyl (C=O) groups is 5. The van der Waals surface area contributed by atoms with Crippen molar-refractivity contribution in [3.8, 4) is 0 Å². The molecule has 11 nitrogen and oxygen atoms in total. The van der Waals surface area contributed by atoms with E-state index in [0.29, 0.717) is 24.0 Å². The van der Waals surface area contributed by atoms with Crippen LogP contribution in [0.4, 0.5) is 4.79 Å². The van der Waals surface area contributed by atoms with Crippen LogP contribution in [0.25, 0.3) is 0 Å². The summed E-state index contributed by atoms with van der Waals surface area (Å²) < 4.78 is 5.25.